The lowest BCUT2D eigenvalue weighted by Gasteiger charge is -2.29. The van der Waals surface area contributed by atoms with E-state index in [9.17, 15) is 13.0 Å². The van der Waals surface area contributed by atoms with Crippen molar-refractivity contribution >= 4 is 21.7 Å². The fourth-order valence-electron chi connectivity index (χ4n) is 3.12. The number of unbranched alkanes of at least 4 members (excludes halogenated alkanes) is 8. The molecular weight excluding hydrogens is 406 g/mol. The Bertz CT molecular complexity index is 616. The highest BCUT2D eigenvalue weighted by Gasteiger charge is 2.13. The molecule has 0 N–H and O–H groups in total. The van der Waals surface area contributed by atoms with E-state index in [4.69, 9.17) is 11.6 Å². The van der Waals surface area contributed by atoms with Crippen molar-refractivity contribution in [3.63, 3.8) is 0 Å². The Labute approximate surface area is 185 Å². The molecule has 0 unspecified atom stereocenters. The molecule has 4 nitrogen and oxygen atoms in total. The van der Waals surface area contributed by atoms with Gasteiger partial charge in [0.1, 0.15) is 10.1 Å². The lowest BCUT2D eigenvalue weighted by molar-refractivity contribution is -0.890. The molecule has 0 bridgehead atoms. The van der Waals surface area contributed by atoms with Gasteiger partial charge >= 0.3 is 0 Å². The van der Waals surface area contributed by atoms with E-state index in [2.05, 4.69) is 21.0 Å². The quantitative estimate of drug-likeness (QED) is 0.149. The summed E-state index contributed by atoms with van der Waals surface area (Å²) in [5.74, 6) is 0.817. The zero-order valence-corrected chi connectivity index (χ0v) is 20.5. The van der Waals surface area contributed by atoms with Crippen molar-refractivity contribution in [1.29, 1.82) is 0 Å². The van der Waals surface area contributed by atoms with Gasteiger partial charge in [-0.25, -0.2) is 8.42 Å². The summed E-state index contributed by atoms with van der Waals surface area (Å²) in [4.78, 5) is -0.178. The van der Waals surface area contributed by atoms with E-state index in [-0.39, 0.29) is 4.90 Å². The molecule has 6 heteroatoms. The van der Waals surface area contributed by atoms with E-state index >= 15 is 0 Å². The summed E-state index contributed by atoms with van der Waals surface area (Å²) in [6.07, 6.45) is 13.8. The maximum Gasteiger partial charge on any atom is 0.124 e. The molecule has 0 radical (unpaired) electrons. The number of alkyl halides is 1. The lowest BCUT2D eigenvalue weighted by atomic mass is 10.1. The largest absolute Gasteiger partial charge is 0.744 e. The first-order chi connectivity index (χ1) is 13.6. The van der Waals surface area contributed by atoms with Gasteiger partial charge in [-0.1, -0.05) is 63.1 Å². The van der Waals surface area contributed by atoms with Crippen LogP contribution in [-0.4, -0.2) is 50.5 Å². The van der Waals surface area contributed by atoms with E-state index in [1.807, 2.05) is 6.92 Å². The first-order valence-electron chi connectivity index (χ1n) is 11.0. The molecule has 0 amide bonds. The molecule has 0 spiro atoms. The van der Waals surface area contributed by atoms with Gasteiger partial charge in [0.05, 0.1) is 32.1 Å². The number of hydrogen-bond donors (Lipinski definition) is 0. The normalized spacial score (nSPS) is 11.8. The Morgan fingerprint density at radius 1 is 0.828 bits per heavy atom. The number of hydrogen-bond acceptors (Lipinski definition) is 3. The Morgan fingerprint density at radius 3 is 1.72 bits per heavy atom. The van der Waals surface area contributed by atoms with Crippen molar-refractivity contribution in [2.45, 2.75) is 83.0 Å². The van der Waals surface area contributed by atoms with Gasteiger partial charge in [0.2, 0.25) is 0 Å². The highest BCUT2D eigenvalue weighted by atomic mass is 35.5. The monoisotopic (exact) mass is 447 g/mol. The topological polar surface area (TPSA) is 57.2 Å². The number of halogens is 1. The van der Waals surface area contributed by atoms with E-state index in [1.54, 1.807) is 12.1 Å². The van der Waals surface area contributed by atoms with Crippen LogP contribution in [0.15, 0.2) is 29.2 Å². The molecule has 0 heterocycles. The molecule has 1 rings (SSSR count). The molecule has 0 atom stereocenters. The van der Waals surface area contributed by atoms with Crippen molar-refractivity contribution in [2.75, 3.05) is 33.1 Å². The van der Waals surface area contributed by atoms with Crippen LogP contribution in [-0.2, 0) is 10.1 Å². The first kappa shape index (κ1) is 28.4. The second kappa shape index (κ2) is 16.1. The number of nitrogens with zero attached hydrogens (tertiary/aromatic N) is 1. The molecule has 1 aromatic carbocycles. The van der Waals surface area contributed by atoms with Crippen molar-refractivity contribution in [3.8, 4) is 0 Å². The molecule has 29 heavy (non-hydrogen) atoms. The summed E-state index contributed by atoms with van der Waals surface area (Å²) in [7, 11) is 0.444. The van der Waals surface area contributed by atoms with Crippen LogP contribution in [0.25, 0.3) is 0 Å². The van der Waals surface area contributed by atoms with Gasteiger partial charge in [0.25, 0.3) is 0 Å². The maximum atomic E-state index is 10.4. The zero-order valence-electron chi connectivity index (χ0n) is 19.0. The summed E-state index contributed by atoms with van der Waals surface area (Å²) >= 11 is 5.72. The van der Waals surface area contributed by atoms with Crippen LogP contribution >= 0.6 is 11.6 Å². The average Bonchev–Trinajstić information content (AvgIpc) is 2.64. The van der Waals surface area contributed by atoms with Crippen molar-refractivity contribution in [1.82, 2.24) is 0 Å². The standard InChI is InChI=1S/C16H35ClN.C7H8O3S/c1-4-5-6-7-8-9-10-12-15-18(2,3)16-13-11-14-17;1-6-2-4-7(5-3-6)11(8,9)10/h4-16H2,1-3H3;2-5H,1H3,(H,8,9,10)/q+1;/p-1. The molecule has 0 aliphatic heterocycles. The summed E-state index contributed by atoms with van der Waals surface area (Å²) in [6.45, 7) is 6.71. The van der Waals surface area contributed by atoms with Crippen LogP contribution in [0, 0.1) is 6.92 Å². The average molecular weight is 448 g/mol. The SMILES string of the molecule is CCCCCCCCCC[N+](C)(C)CCCCCl.Cc1ccc(S(=O)(=O)[O-])cc1. The van der Waals surface area contributed by atoms with E-state index < -0.39 is 10.1 Å². The van der Waals surface area contributed by atoms with Crippen molar-refractivity contribution in [2.24, 2.45) is 0 Å². The molecule has 0 fully saturated rings. The predicted molar refractivity (Wildman–Crippen MR) is 124 cm³/mol. The number of quaternary nitrogens is 1. The molecule has 0 aromatic heterocycles. The Morgan fingerprint density at radius 2 is 1.28 bits per heavy atom. The van der Waals surface area contributed by atoms with Crippen LogP contribution in [0.1, 0.15) is 76.7 Å². The summed E-state index contributed by atoms with van der Waals surface area (Å²) in [6, 6.07) is 5.78. The molecule has 0 saturated heterocycles. The van der Waals surface area contributed by atoms with Gasteiger partial charge in [0, 0.05) is 5.88 Å². The summed E-state index contributed by atoms with van der Waals surface area (Å²) < 4.78 is 32.3. The van der Waals surface area contributed by atoms with Gasteiger partial charge in [-0.05, 0) is 44.7 Å². The predicted octanol–water partition coefficient (Wildman–Crippen LogP) is 6.12. The minimum absolute atomic E-state index is 0.178. The molecule has 0 aliphatic rings. The molecule has 1 aromatic rings. The third-order valence-corrected chi connectivity index (χ3v) is 6.19. The lowest BCUT2D eigenvalue weighted by Crippen LogP contribution is -2.41. The van der Waals surface area contributed by atoms with Crippen LogP contribution in [0.5, 0.6) is 0 Å². The van der Waals surface area contributed by atoms with Gasteiger partial charge in [-0.2, -0.15) is 0 Å². The van der Waals surface area contributed by atoms with E-state index in [0.717, 1.165) is 11.4 Å². The minimum atomic E-state index is -4.27. The van der Waals surface area contributed by atoms with Crippen molar-refractivity contribution in [3.05, 3.63) is 29.8 Å². The Balaban J connectivity index is 0.000000604. The third kappa shape index (κ3) is 16.8. The number of rotatable bonds is 14. The number of aryl methyl sites for hydroxylation is 1. The van der Waals surface area contributed by atoms with Crippen LogP contribution in [0.2, 0.25) is 0 Å². The first-order valence-corrected chi connectivity index (χ1v) is 13.0. The van der Waals surface area contributed by atoms with Gasteiger partial charge < -0.3 is 9.04 Å². The fourth-order valence-corrected chi connectivity index (χ4v) is 3.78. The Hall–Kier alpha value is -0.620. The highest BCUT2D eigenvalue weighted by Crippen LogP contribution is 2.11. The molecule has 0 aliphatic carbocycles. The summed E-state index contributed by atoms with van der Waals surface area (Å²) in [5.41, 5.74) is 0.928. The van der Waals surface area contributed by atoms with E-state index in [0.29, 0.717) is 0 Å². The van der Waals surface area contributed by atoms with Crippen molar-refractivity contribution < 1.29 is 17.5 Å². The maximum absolute atomic E-state index is 10.4. The smallest absolute Gasteiger partial charge is 0.124 e. The highest BCUT2D eigenvalue weighted by molar-refractivity contribution is 7.85. The second-order valence-electron chi connectivity index (χ2n) is 8.52. The molecule has 170 valence electrons. The van der Waals surface area contributed by atoms with Gasteiger partial charge in [0.15, 0.2) is 0 Å². The fraction of sp³-hybridized carbons (Fsp3) is 0.739. The third-order valence-electron chi connectivity index (χ3n) is 5.07. The van der Waals surface area contributed by atoms with Crippen LogP contribution < -0.4 is 0 Å². The van der Waals surface area contributed by atoms with Crippen LogP contribution in [0.4, 0.5) is 0 Å². The zero-order chi connectivity index (χ0) is 22.2. The van der Waals surface area contributed by atoms with E-state index in [1.165, 1.54) is 93.9 Å². The number of benzene rings is 1. The molecular formula is C23H42ClNO3S. The minimum Gasteiger partial charge on any atom is -0.744 e. The van der Waals surface area contributed by atoms with Gasteiger partial charge in [-0.15, -0.1) is 11.6 Å². The Kier molecular flexibility index (Phi) is 15.8. The van der Waals surface area contributed by atoms with Gasteiger partial charge in [-0.3, -0.25) is 0 Å². The summed E-state index contributed by atoms with van der Waals surface area (Å²) in [5, 5.41) is 0. The molecule has 0 saturated carbocycles. The van der Waals surface area contributed by atoms with Crippen LogP contribution in [0.3, 0.4) is 0 Å². The second-order valence-corrected chi connectivity index (χ2v) is 10.3.